The fraction of sp³-hybridized carbons (Fsp3) is 0. The molecule has 0 unspecified atom stereocenters. The molecule has 0 amide bonds. The molecule has 0 saturated carbocycles. The molecule has 0 aliphatic heterocycles. The molecule has 0 bridgehead atoms. The summed E-state index contributed by atoms with van der Waals surface area (Å²) in [6.45, 7) is 0. The van der Waals surface area contributed by atoms with Crippen LogP contribution in [0.2, 0.25) is 0 Å². The van der Waals surface area contributed by atoms with Gasteiger partial charge in [0.15, 0.2) is 0 Å². The Bertz CT molecular complexity index is 260. The van der Waals surface area contributed by atoms with Gasteiger partial charge in [0.25, 0.3) is 0 Å². The molecule has 2 radical (unpaired) electrons. The Hall–Kier alpha value is -0.627. The van der Waals surface area contributed by atoms with E-state index in [1.165, 1.54) is 24.3 Å². The molecule has 0 aliphatic carbocycles. The smallest absolute Gasteiger partial charge is 0.872 e. The summed E-state index contributed by atoms with van der Waals surface area (Å²) in [4.78, 5) is 10.2. The van der Waals surface area contributed by atoms with E-state index < -0.39 is 11.7 Å². The van der Waals surface area contributed by atoms with E-state index in [2.05, 4.69) is 0 Å². The van der Waals surface area contributed by atoms with Crippen molar-refractivity contribution in [3.05, 3.63) is 29.8 Å². The summed E-state index contributed by atoms with van der Waals surface area (Å²) in [5.74, 6) is -1.62. The Morgan fingerprint density at radius 1 is 1.36 bits per heavy atom. The van der Waals surface area contributed by atoms with Crippen LogP contribution < -0.4 is 5.11 Å². The summed E-state index contributed by atoms with van der Waals surface area (Å²) in [5.41, 5.74) is -0.178. The van der Waals surface area contributed by atoms with Gasteiger partial charge < -0.3 is 10.2 Å². The maximum absolute atomic E-state index is 10.7. The molecule has 3 nitrogen and oxygen atoms in total. The first-order valence-corrected chi connectivity index (χ1v) is 2.71. The van der Waals surface area contributed by atoms with Gasteiger partial charge in [-0.3, -0.25) is 0 Å². The normalized spacial score (nSPS) is 8.36. The fourth-order valence-electron chi connectivity index (χ4n) is 0.643. The molecule has 0 spiro atoms. The molecule has 0 aliphatic rings. The van der Waals surface area contributed by atoms with Crippen LogP contribution in [0.15, 0.2) is 24.3 Å². The standard InChI is InChI=1S/C7H6O3.Bi/c8-6-4-2-1-3-5(6)7(9)10;/h1-4,8H,(H,9,10);/q;+3/p-1. The van der Waals surface area contributed by atoms with Gasteiger partial charge in [-0.25, -0.2) is 4.79 Å². The third-order valence-corrected chi connectivity index (χ3v) is 1.12. The number of carbonyl (C=O) groups is 1. The molecule has 1 aromatic carbocycles. The first-order chi connectivity index (χ1) is 4.72. The number of carboxylic acid groups (broad SMARTS) is 1. The van der Waals surface area contributed by atoms with Crippen molar-refractivity contribution in [1.82, 2.24) is 0 Å². The molecule has 54 valence electrons. The third kappa shape index (κ3) is 2.47. The first-order valence-electron chi connectivity index (χ1n) is 2.71. The predicted octanol–water partition coefficient (Wildman–Crippen LogP) is 0.0776. The summed E-state index contributed by atoms with van der Waals surface area (Å²) < 4.78 is 0. The Morgan fingerprint density at radius 2 is 1.91 bits per heavy atom. The van der Waals surface area contributed by atoms with Crippen LogP contribution >= 0.6 is 0 Å². The van der Waals surface area contributed by atoms with Gasteiger partial charge >= 0.3 is 32.2 Å². The zero-order valence-electron chi connectivity index (χ0n) is 5.52. The topological polar surface area (TPSA) is 60.4 Å². The van der Waals surface area contributed by atoms with Gasteiger partial charge in [0.05, 0.1) is 5.56 Å². The third-order valence-electron chi connectivity index (χ3n) is 1.12. The molecule has 1 rings (SSSR count). The number of hydrogen-bond donors (Lipinski definition) is 1. The van der Waals surface area contributed by atoms with Crippen molar-refractivity contribution in [2.75, 3.05) is 0 Å². The predicted molar refractivity (Wildman–Crippen MR) is 38.6 cm³/mol. The first kappa shape index (κ1) is 10.4. The summed E-state index contributed by atoms with van der Waals surface area (Å²) in [6.07, 6.45) is 0. The second kappa shape index (κ2) is 4.29. The number of benzene rings is 1. The fourth-order valence-corrected chi connectivity index (χ4v) is 0.643. The zero-order chi connectivity index (χ0) is 7.56. The van der Waals surface area contributed by atoms with Crippen LogP contribution in [0.25, 0.3) is 0 Å². The van der Waals surface area contributed by atoms with E-state index in [0.717, 1.165) is 0 Å². The summed E-state index contributed by atoms with van der Waals surface area (Å²) in [5, 5.41) is 19.0. The Kier molecular flexibility index (Phi) is 4.05. The van der Waals surface area contributed by atoms with Gasteiger partial charge in [0.2, 0.25) is 0 Å². The van der Waals surface area contributed by atoms with Gasteiger partial charge in [-0.2, -0.15) is 0 Å². The second-order valence-electron chi connectivity index (χ2n) is 1.80. The van der Waals surface area contributed by atoms with Crippen LogP contribution in [0.1, 0.15) is 10.4 Å². The van der Waals surface area contributed by atoms with Gasteiger partial charge in [-0.15, -0.1) is 0 Å². The molecular formula is C7H5BiO3+2. The van der Waals surface area contributed by atoms with Gasteiger partial charge in [0.1, 0.15) is 0 Å². The Labute approximate surface area is 82.8 Å². The average molecular weight is 346 g/mol. The van der Waals surface area contributed by atoms with E-state index in [1.54, 1.807) is 0 Å². The minimum absolute atomic E-state index is 0. The summed E-state index contributed by atoms with van der Waals surface area (Å²) in [6, 6.07) is 5.54. The SMILES string of the molecule is O=C(O)c1ccccc1[O-].[Bi+3]. The second-order valence-corrected chi connectivity index (χ2v) is 1.80. The average Bonchev–Trinajstić information content (AvgIpc) is 1.88. The summed E-state index contributed by atoms with van der Waals surface area (Å²) >= 11 is 0. The molecule has 1 aromatic rings. The number of hydrogen-bond acceptors (Lipinski definition) is 2. The molecule has 0 aromatic heterocycles. The van der Waals surface area contributed by atoms with Crippen LogP contribution in [0.5, 0.6) is 5.75 Å². The monoisotopic (exact) mass is 346 g/mol. The molecule has 11 heavy (non-hydrogen) atoms. The van der Waals surface area contributed by atoms with Crippen molar-refractivity contribution in [1.29, 1.82) is 0 Å². The van der Waals surface area contributed by atoms with Crippen molar-refractivity contribution < 1.29 is 15.0 Å². The van der Waals surface area contributed by atoms with Crippen LogP contribution in [-0.2, 0) is 0 Å². The van der Waals surface area contributed by atoms with Crippen LogP contribution in [0.3, 0.4) is 0 Å². The molecular weight excluding hydrogens is 341 g/mol. The van der Waals surface area contributed by atoms with E-state index >= 15 is 0 Å². The molecule has 0 fully saturated rings. The van der Waals surface area contributed by atoms with E-state index in [1.807, 2.05) is 0 Å². The Balaban J connectivity index is 0.000001000. The van der Waals surface area contributed by atoms with Gasteiger partial charge in [-0.05, 0) is 6.07 Å². The van der Waals surface area contributed by atoms with Crippen molar-refractivity contribution in [2.45, 2.75) is 0 Å². The maximum atomic E-state index is 10.7. The summed E-state index contributed by atoms with van der Waals surface area (Å²) in [7, 11) is 0. The van der Waals surface area contributed by atoms with Crippen LogP contribution in [-0.4, -0.2) is 37.3 Å². The molecule has 1 N–H and O–H groups in total. The molecule has 0 saturated heterocycles. The number of carboxylic acids is 1. The van der Waals surface area contributed by atoms with Gasteiger partial charge in [0, 0.05) is 0 Å². The van der Waals surface area contributed by atoms with Crippen LogP contribution in [0.4, 0.5) is 0 Å². The van der Waals surface area contributed by atoms with E-state index in [0.29, 0.717) is 0 Å². The van der Waals surface area contributed by atoms with Crippen molar-refractivity contribution in [3.63, 3.8) is 0 Å². The van der Waals surface area contributed by atoms with Crippen molar-refractivity contribution >= 4 is 32.2 Å². The largest absolute Gasteiger partial charge is 3.00 e. The van der Waals surface area contributed by atoms with Crippen molar-refractivity contribution in [3.8, 4) is 5.75 Å². The van der Waals surface area contributed by atoms with Crippen LogP contribution in [0, 0.1) is 0 Å². The zero-order valence-corrected chi connectivity index (χ0v) is 9.00. The van der Waals surface area contributed by atoms with E-state index in [-0.39, 0.29) is 31.8 Å². The van der Waals surface area contributed by atoms with Gasteiger partial charge in [-0.1, -0.05) is 23.9 Å². The number of rotatable bonds is 1. The minimum Gasteiger partial charge on any atom is -0.872 e. The molecule has 0 heterocycles. The van der Waals surface area contributed by atoms with E-state index in [9.17, 15) is 9.90 Å². The quantitative estimate of drug-likeness (QED) is 0.733. The minimum atomic E-state index is -1.18. The number of para-hydroxylation sites is 1. The number of aromatic carboxylic acids is 1. The maximum Gasteiger partial charge on any atom is 3.00 e. The molecule has 0 atom stereocenters. The van der Waals surface area contributed by atoms with E-state index in [4.69, 9.17) is 5.11 Å². The van der Waals surface area contributed by atoms with Crippen molar-refractivity contribution in [2.24, 2.45) is 0 Å². The molecule has 4 heteroatoms. The Morgan fingerprint density at radius 3 is 2.27 bits per heavy atom.